The van der Waals surface area contributed by atoms with Gasteiger partial charge in [0.05, 0.1) is 19.1 Å². The Hall–Kier alpha value is -3.96. The van der Waals surface area contributed by atoms with E-state index < -0.39 is 24.0 Å². The van der Waals surface area contributed by atoms with E-state index in [1.165, 1.54) is 0 Å². The second-order valence-corrected chi connectivity index (χ2v) is 6.20. The summed E-state index contributed by atoms with van der Waals surface area (Å²) in [5.74, 6) is -1.70. The number of aliphatic carboxylic acids is 1. The maximum Gasteiger partial charge on any atom is 0.317 e. The first kappa shape index (κ1) is 23.3. The molecule has 0 aliphatic rings. The summed E-state index contributed by atoms with van der Waals surface area (Å²) >= 11 is 0. The summed E-state index contributed by atoms with van der Waals surface area (Å²) < 4.78 is 0. The van der Waals surface area contributed by atoms with Gasteiger partial charge in [-0.3, -0.25) is 9.59 Å². The molecule has 0 unspecified atom stereocenters. The minimum Gasteiger partial charge on any atom is -0.480 e. The van der Waals surface area contributed by atoms with E-state index in [4.69, 9.17) is 33.8 Å². The lowest BCUT2D eigenvalue weighted by atomic mass is 10.2. The van der Waals surface area contributed by atoms with Crippen molar-refractivity contribution in [2.45, 2.75) is 12.1 Å². The first-order valence-corrected chi connectivity index (χ1v) is 8.86. The van der Waals surface area contributed by atoms with Crippen LogP contribution in [0.3, 0.4) is 0 Å². The molecule has 17 heteroatoms. The highest BCUT2D eigenvalue weighted by atomic mass is 16.4. The summed E-state index contributed by atoms with van der Waals surface area (Å²) in [4.78, 5) is 46.0. The van der Waals surface area contributed by atoms with Gasteiger partial charge in [0.2, 0.25) is 29.7 Å². The largest absolute Gasteiger partial charge is 0.480 e. The SMILES string of the molecule is Nc1nc(N)nc([C@H](CNCC(=O)O)NC(=O)CNC[C@H](N)c2nc(N)nc(N)n2)n1. The second-order valence-electron chi connectivity index (χ2n) is 6.20. The normalized spacial score (nSPS) is 12.8. The zero-order valence-corrected chi connectivity index (χ0v) is 16.3. The maximum absolute atomic E-state index is 12.3. The summed E-state index contributed by atoms with van der Waals surface area (Å²) in [6.45, 7) is -0.350. The van der Waals surface area contributed by atoms with E-state index in [9.17, 15) is 9.59 Å². The number of anilines is 4. The number of nitrogens with zero attached hydrogens (tertiary/aromatic N) is 6. The number of rotatable bonds is 11. The lowest BCUT2D eigenvalue weighted by Gasteiger charge is -2.19. The molecule has 0 radical (unpaired) electrons. The minimum absolute atomic E-state index is 0.00383. The molecule has 0 saturated carbocycles. The quantitative estimate of drug-likeness (QED) is 0.160. The number of amides is 1. The molecule has 0 bridgehead atoms. The Morgan fingerprint density at radius 3 is 1.77 bits per heavy atom. The lowest BCUT2D eigenvalue weighted by molar-refractivity contribution is -0.135. The Labute approximate surface area is 175 Å². The van der Waals surface area contributed by atoms with Gasteiger partial charge in [0, 0.05) is 13.1 Å². The standard InChI is InChI=1S/C14H24N14O3/c15-5(9-23-11(16)27-12(17)24-9)1-20-3-7(29)22-6(2-21-4-8(30)31)10-25-13(18)28-14(19)26-10/h5-6,20-21H,1-4,15H2,(H,22,29)(H,30,31)(H4,16,17,23,24,27)(H4,18,19,25,26,28)/t5-,6-/m0/s1. The third-order valence-corrected chi connectivity index (χ3v) is 3.63. The number of nitrogens with two attached hydrogens (primary N) is 5. The molecule has 2 aromatic heterocycles. The van der Waals surface area contributed by atoms with Crippen LogP contribution in [0.2, 0.25) is 0 Å². The Kier molecular flexibility index (Phi) is 8.06. The molecule has 168 valence electrons. The van der Waals surface area contributed by atoms with E-state index in [1.807, 2.05) is 0 Å². The van der Waals surface area contributed by atoms with Crippen LogP contribution in [0.25, 0.3) is 0 Å². The van der Waals surface area contributed by atoms with E-state index in [2.05, 4.69) is 45.9 Å². The highest BCUT2D eigenvalue weighted by Gasteiger charge is 2.20. The molecule has 0 aliphatic heterocycles. The summed E-state index contributed by atoms with van der Waals surface area (Å²) in [5, 5.41) is 16.9. The van der Waals surface area contributed by atoms with Crippen LogP contribution in [0, 0.1) is 0 Å². The average molecular weight is 436 g/mol. The van der Waals surface area contributed by atoms with Gasteiger partial charge in [0.15, 0.2) is 11.6 Å². The third-order valence-electron chi connectivity index (χ3n) is 3.63. The fourth-order valence-corrected chi connectivity index (χ4v) is 2.38. The number of hydrogen-bond donors (Lipinski definition) is 9. The molecule has 2 atom stereocenters. The van der Waals surface area contributed by atoms with Crippen molar-refractivity contribution in [1.82, 2.24) is 45.9 Å². The van der Waals surface area contributed by atoms with Gasteiger partial charge in [-0.15, -0.1) is 0 Å². The molecule has 2 aromatic rings. The summed E-state index contributed by atoms with van der Waals surface area (Å²) in [5.41, 5.74) is 28.1. The molecule has 2 rings (SSSR count). The predicted molar refractivity (Wildman–Crippen MR) is 108 cm³/mol. The van der Waals surface area contributed by atoms with Crippen LogP contribution in [0.5, 0.6) is 0 Å². The van der Waals surface area contributed by atoms with E-state index in [0.717, 1.165) is 0 Å². The molecule has 17 nitrogen and oxygen atoms in total. The van der Waals surface area contributed by atoms with Crippen molar-refractivity contribution in [1.29, 1.82) is 0 Å². The molecule has 2 heterocycles. The molecule has 0 spiro atoms. The first-order chi connectivity index (χ1) is 14.6. The van der Waals surface area contributed by atoms with Gasteiger partial charge in [0.1, 0.15) is 6.04 Å². The van der Waals surface area contributed by atoms with Crippen molar-refractivity contribution >= 4 is 35.7 Å². The second kappa shape index (κ2) is 10.7. The molecule has 14 N–H and O–H groups in total. The van der Waals surface area contributed by atoms with Gasteiger partial charge in [-0.25, -0.2) is 0 Å². The minimum atomic E-state index is -1.07. The van der Waals surface area contributed by atoms with Crippen LogP contribution in [0.1, 0.15) is 23.7 Å². The van der Waals surface area contributed by atoms with Crippen LogP contribution >= 0.6 is 0 Å². The number of hydrogen-bond acceptors (Lipinski definition) is 15. The molecule has 31 heavy (non-hydrogen) atoms. The monoisotopic (exact) mass is 436 g/mol. The summed E-state index contributed by atoms with van der Waals surface area (Å²) in [7, 11) is 0. The van der Waals surface area contributed by atoms with Gasteiger partial charge in [0.25, 0.3) is 0 Å². The van der Waals surface area contributed by atoms with Gasteiger partial charge < -0.3 is 49.7 Å². The van der Waals surface area contributed by atoms with Gasteiger partial charge >= 0.3 is 5.97 Å². The van der Waals surface area contributed by atoms with Crippen LogP contribution in [0.15, 0.2) is 0 Å². The Morgan fingerprint density at radius 2 is 1.26 bits per heavy atom. The van der Waals surface area contributed by atoms with E-state index in [1.54, 1.807) is 0 Å². The van der Waals surface area contributed by atoms with Gasteiger partial charge in [-0.2, -0.15) is 29.9 Å². The molecule has 1 amide bonds. The fourth-order valence-electron chi connectivity index (χ4n) is 2.38. The molecular formula is C14H24N14O3. The van der Waals surface area contributed by atoms with Crippen molar-refractivity contribution < 1.29 is 14.7 Å². The maximum atomic E-state index is 12.3. The third kappa shape index (κ3) is 7.76. The van der Waals surface area contributed by atoms with Crippen molar-refractivity contribution in [2.24, 2.45) is 5.73 Å². The van der Waals surface area contributed by atoms with E-state index in [-0.39, 0.29) is 61.6 Å². The highest BCUT2D eigenvalue weighted by Crippen LogP contribution is 2.10. The predicted octanol–water partition coefficient (Wildman–Crippen LogP) is -4.49. The number of carboxylic acid groups (broad SMARTS) is 1. The van der Waals surface area contributed by atoms with Crippen LogP contribution in [-0.4, -0.2) is 73.1 Å². The number of nitrogens with one attached hydrogen (secondary N) is 3. The average Bonchev–Trinajstić information content (AvgIpc) is 2.65. The number of carboxylic acids is 1. The van der Waals surface area contributed by atoms with E-state index in [0.29, 0.717) is 0 Å². The fraction of sp³-hybridized carbons (Fsp3) is 0.429. The number of nitrogen functional groups attached to an aromatic ring is 4. The van der Waals surface area contributed by atoms with Crippen molar-refractivity contribution in [2.75, 3.05) is 49.1 Å². The topological polar surface area (TPSA) is 298 Å². The first-order valence-electron chi connectivity index (χ1n) is 8.86. The molecule has 0 aromatic carbocycles. The molecule has 0 fully saturated rings. The molecule has 0 saturated heterocycles. The van der Waals surface area contributed by atoms with Crippen LogP contribution in [0.4, 0.5) is 23.8 Å². The van der Waals surface area contributed by atoms with Crippen LogP contribution in [-0.2, 0) is 9.59 Å². The molecule has 0 aliphatic carbocycles. The van der Waals surface area contributed by atoms with Crippen molar-refractivity contribution in [3.63, 3.8) is 0 Å². The van der Waals surface area contributed by atoms with Crippen LogP contribution < -0.4 is 44.6 Å². The lowest BCUT2D eigenvalue weighted by Crippen LogP contribution is -2.43. The number of aromatic nitrogens is 6. The van der Waals surface area contributed by atoms with Crippen molar-refractivity contribution in [3.05, 3.63) is 11.6 Å². The van der Waals surface area contributed by atoms with Crippen molar-refractivity contribution in [3.8, 4) is 0 Å². The number of carbonyl (C=O) groups is 2. The number of carbonyl (C=O) groups excluding carboxylic acids is 1. The summed E-state index contributed by atoms with van der Waals surface area (Å²) in [6, 6.07) is -1.52. The molecular weight excluding hydrogens is 412 g/mol. The Balaban J connectivity index is 1.94. The zero-order valence-electron chi connectivity index (χ0n) is 16.3. The van der Waals surface area contributed by atoms with E-state index >= 15 is 0 Å². The zero-order chi connectivity index (χ0) is 23.0. The Bertz CT molecular complexity index is 885. The van der Waals surface area contributed by atoms with Gasteiger partial charge in [-0.1, -0.05) is 0 Å². The van der Waals surface area contributed by atoms with Gasteiger partial charge in [-0.05, 0) is 0 Å². The smallest absolute Gasteiger partial charge is 0.317 e. The summed E-state index contributed by atoms with van der Waals surface area (Å²) in [6.07, 6.45) is 0. The Morgan fingerprint density at radius 1 is 0.774 bits per heavy atom. The highest BCUT2D eigenvalue weighted by molar-refractivity contribution is 5.78.